The summed E-state index contributed by atoms with van der Waals surface area (Å²) in [5.74, 6) is -0.272. The number of nitrogens with one attached hydrogen (secondary N) is 1. The van der Waals surface area contributed by atoms with Crippen molar-refractivity contribution < 1.29 is 14.3 Å². The molecule has 4 rings (SSSR count). The van der Waals surface area contributed by atoms with Crippen LogP contribution in [0, 0.1) is 0 Å². The molecule has 6 nitrogen and oxygen atoms in total. The Balaban J connectivity index is 1.78. The van der Waals surface area contributed by atoms with Crippen LogP contribution in [0.5, 0.6) is 0 Å². The number of hydrogen-bond acceptors (Lipinski definition) is 6. The van der Waals surface area contributed by atoms with Crippen LogP contribution in [0.2, 0.25) is 0 Å². The fraction of sp³-hybridized carbons (Fsp3) is 0.348. The van der Waals surface area contributed by atoms with Gasteiger partial charge in [0, 0.05) is 21.0 Å². The van der Waals surface area contributed by atoms with Gasteiger partial charge in [-0.25, -0.2) is 9.78 Å². The third-order valence-corrected chi connectivity index (χ3v) is 7.73. The molecule has 0 spiro atoms. The number of ether oxygens (including phenoxy) is 1. The SMILES string of the molecule is C=CC(=O)Nc1sc2c(c1-c1nc3cc(Br)ccc3s1)CC(C)N(C(=O)OC(C)(C)C)C2. The molecule has 9 heteroatoms. The van der Waals surface area contributed by atoms with Crippen molar-refractivity contribution in [2.24, 2.45) is 0 Å². The number of fused-ring (bicyclic) bond motifs is 2. The van der Waals surface area contributed by atoms with Gasteiger partial charge in [-0.15, -0.1) is 22.7 Å². The van der Waals surface area contributed by atoms with Gasteiger partial charge in [0.15, 0.2) is 0 Å². The van der Waals surface area contributed by atoms with Crippen molar-refractivity contribution in [1.82, 2.24) is 9.88 Å². The molecule has 1 unspecified atom stereocenters. The third kappa shape index (κ3) is 4.60. The summed E-state index contributed by atoms with van der Waals surface area (Å²) in [4.78, 5) is 32.6. The zero-order valence-electron chi connectivity index (χ0n) is 18.3. The molecule has 168 valence electrons. The van der Waals surface area contributed by atoms with Crippen molar-refractivity contribution in [3.05, 3.63) is 45.8 Å². The van der Waals surface area contributed by atoms with E-state index in [0.29, 0.717) is 13.0 Å². The van der Waals surface area contributed by atoms with Crippen molar-refractivity contribution in [3.8, 4) is 10.6 Å². The van der Waals surface area contributed by atoms with Crippen LogP contribution in [-0.2, 0) is 22.5 Å². The van der Waals surface area contributed by atoms with Crippen molar-refractivity contribution in [1.29, 1.82) is 0 Å². The lowest BCUT2D eigenvalue weighted by molar-refractivity contribution is -0.111. The molecule has 0 saturated heterocycles. The normalized spacial score (nSPS) is 16.0. The van der Waals surface area contributed by atoms with Crippen LogP contribution in [0.4, 0.5) is 9.80 Å². The number of thiophene rings is 1. The summed E-state index contributed by atoms with van der Waals surface area (Å²) in [6.07, 6.45) is 1.59. The molecule has 3 aromatic rings. The van der Waals surface area contributed by atoms with Crippen LogP contribution >= 0.6 is 38.6 Å². The molecule has 3 heterocycles. The van der Waals surface area contributed by atoms with E-state index in [4.69, 9.17) is 9.72 Å². The highest BCUT2D eigenvalue weighted by molar-refractivity contribution is 9.10. The Morgan fingerprint density at radius 1 is 1.34 bits per heavy atom. The monoisotopic (exact) mass is 533 g/mol. The summed E-state index contributed by atoms with van der Waals surface area (Å²) in [6, 6.07) is 5.98. The molecule has 0 fully saturated rings. The number of carbonyl (C=O) groups excluding carboxylic acids is 2. The maximum Gasteiger partial charge on any atom is 0.410 e. The van der Waals surface area contributed by atoms with Crippen molar-refractivity contribution in [2.75, 3.05) is 5.32 Å². The highest BCUT2D eigenvalue weighted by Gasteiger charge is 2.35. The minimum atomic E-state index is -0.559. The Morgan fingerprint density at radius 2 is 2.09 bits per heavy atom. The van der Waals surface area contributed by atoms with Gasteiger partial charge in [-0.1, -0.05) is 22.5 Å². The fourth-order valence-electron chi connectivity index (χ4n) is 3.62. The largest absolute Gasteiger partial charge is 0.444 e. The summed E-state index contributed by atoms with van der Waals surface area (Å²) in [5.41, 5.74) is 2.41. The van der Waals surface area contributed by atoms with Gasteiger partial charge in [0.1, 0.15) is 15.6 Å². The average Bonchev–Trinajstić information content (AvgIpc) is 3.25. The number of carbonyl (C=O) groups is 2. The van der Waals surface area contributed by atoms with Crippen molar-refractivity contribution in [3.63, 3.8) is 0 Å². The highest BCUT2D eigenvalue weighted by atomic mass is 79.9. The van der Waals surface area contributed by atoms with Gasteiger partial charge in [0.2, 0.25) is 5.91 Å². The second-order valence-electron chi connectivity index (χ2n) is 8.69. The van der Waals surface area contributed by atoms with E-state index in [-0.39, 0.29) is 18.0 Å². The van der Waals surface area contributed by atoms with Crippen LogP contribution in [0.1, 0.15) is 38.1 Å². The number of thiazole rings is 1. The number of rotatable bonds is 3. The minimum absolute atomic E-state index is 0.0443. The van der Waals surface area contributed by atoms with E-state index in [0.717, 1.165) is 40.7 Å². The maximum absolute atomic E-state index is 12.8. The first-order valence-corrected chi connectivity index (χ1v) is 12.6. The number of halogens is 1. The number of amides is 2. The molecule has 1 aliphatic heterocycles. The summed E-state index contributed by atoms with van der Waals surface area (Å²) in [5, 5.41) is 4.54. The molecule has 1 N–H and O–H groups in total. The Morgan fingerprint density at radius 3 is 2.78 bits per heavy atom. The Kier molecular flexibility index (Phi) is 6.17. The number of anilines is 1. The number of nitrogens with zero attached hydrogens (tertiary/aromatic N) is 2. The first-order valence-electron chi connectivity index (χ1n) is 10.2. The molecule has 0 radical (unpaired) electrons. The van der Waals surface area contributed by atoms with Gasteiger partial charge in [0.25, 0.3) is 0 Å². The first kappa shape index (κ1) is 22.9. The molecule has 0 bridgehead atoms. The summed E-state index contributed by atoms with van der Waals surface area (Å²) in [6.45, 7) is 11.6. The van der Waals surface area contributed by atoms with E-state index < -0.39 is 5.60 Å². The number of hydrogen-bond donors (Lipinski definition) is 1. The summed E-state index contributed by atoms with van der Waals surface area (Å²) >= 11 is 6.58. The van der Waals surface area contributed by atoms with E-state index in [1.165, 1.54) is 17.4 Å². The summed E-state index contributed by atoms with van der Waals surface area (Å²) < 4.78 is 7.65. The van der Waals surface area contributed by atoms with Crippen molar-refractivity contribution in [2.45, 2.75) is 52.3 Å². The Labute approximate surface area is 203 Å². The van der Waals surface area contributed by atoms with Crippen LogP contribution in [-0.4, -0.2) is 33.5 Å². The molecule has 1 aromatic carbocycles. The van der Waals surface area contributed by atoms with Gasteiger partial charge in [0.05, 0.1) is 16.8 Å². The zero-order chi connectivity index (χ0) is 23.2. The fourth-order valence-corrected chi connectivity index (χ4v) is 6.29. The second-order valence-corrected chi connectivity index (χ2v) is 11.7. The van der Waals surface area contributed by atoms with E-state index in [1.54, 1.807) is 16.2 Å². The van der Waals surface area contributed by atoms with Gasteiger partial charge >= 0.3 is 6.09 Å². The van der Waals surface area contributed by atoms with Crippen LogP contribution in [0.3, 0.4) is 0 Å². The molecule has 1 atom stereocenters. The Bertz CT molecular complexity index is 1230. The molecule has 1 aliphatic rings. The lowest BCUT2D eigenvalue weighted by atomic mass is 9.97. The van der Waals surface area contributed by atoms with Crippen LogP contribution in [0.25, 0.3) is 20.8 Å². The predicted octanol–water partition coefficient (Wildman–Crippen LogP) is 6.59. The average molecular weight is 535 g/mol. The molecule has 0 aliphatic carbocycles. The van der Waals surface area contributed by atoms with Gasteiger partial charge < -0.3 is 15.0 Å². The lowest BCUT2D eigenvalue weighted by Crippen LogP contribution is -2.44. The van der Waals surface area contributed by atoms with Gasteiger partial charge in [-0.2, -0.15) is 0 Å². The van der Waals surface area contributed by atoms with Crippen LogP contribution in [0.15, 0.2) is 35.3 Å². The summed E-state index contributed by atoms with van der Waals surface area (Å²) in [7, 11) is 0. The molecule has 2 amide bonds. The predicted molar refractivity (Wildman–Crippen MR) is 134 cm³/mol. The van der Waals surface area contributed by atoms with E-state index >= 15 is 0 Å². The van der Waals surface area contributed by atoms with Gasteiger partial charge in [-0.05, 0) is 64.0 Å². The van der Waals surface area contributed by atoms with Crippen LogP contribution < -0.4 is 5.32 Å². The van der Waals surface area contributed by atoms with Crippen molar-refractivity contribution >= 4 is 65.8 Å². The quantitative estimate of drug-likeness (QED) is 0.385. The lowest BCUT2D eigenvalue weighted by Gasteiger charge is -2.35. The second kappa shape index (κ2) is 8.61. The third-order valence-electron chi connectivity index (χ3n) is 5.05. The minimum Gasteiger partial charge on any atom is -0.444 e. The molecular formula is C23H24BrN3O3S2. The van der Waals surface area contributed by atoms with Gasteiger partial charge in [-0.3, -0.25) is 4.79 Å². The zero-order valence-corrected chi connectivity index (χ0v) is 21.5. The molecule has 2 aromatic heterocycles. The maximum atomic E-state index is 12.8. The highest BCUT2D eigenvalue weighted by Crippen LogP contribution is 2.46. The van der Waals surface area contributed by atoms with E-state index in [1.807, 2.05) is 45.9 Å². The number of benzene rings is 1. The standard InChI is InChI=1S/C23H24BrN3O3S2/c1-6-18(28)26-21-19(20-25-15-10-13(24)7-8-16(15)31-20)14-9-12(2)27(11-17(14)32-21)22(29)30-23(3,4)5/h6-8,10,12H,1,9,11H2,2-5H3,(H,26,28). The molecular weight excluding hydrogens is 510 g/mol. The Hall–Kier alpha value is -2.23. The molecule has 0 saturated carbocycles. The van der Waals surface area contributed by atoms with E-state index in [9.17, 15) is 9.59 Å². The topological polar surface area (TPSA) is 71.5 Å². The smallest absolute Gasteiger partial charge is 0.410 e. The first-order chi connectivity index (χ1) is 15.1. The van der Waals surface area contributed by atoms with E-state index in [2.05, 4.69) is 27.8 Å². The number of aromatic nitrogens is 1. The molecule has 32 heavy (non-hydrogen) atoms.